The molecule has 0 aliphatic heterocycles. The van der Waals surface area contributed by atoms with Crippen LogP contribution in [0.1, 0.15) is 11.1 Å². The van der Waals surface area contributed by atoms with Crippen molar-refractivity contribution in [3.8, 4) is 0 Å². The van der Waals surface area contributed by atoms with E-state index >= 15 is 0 Å². The van der Waals surface area contributed by atoms with Gasteiger partial charge in [-0.3, -0.25) is 0 Å². The maximum Gasteiger partial charge on any atom is 0.417 e. The van der Waals surface area contributed by atoms with Crippen LogP contribution in [0.3, 0.4) is 0 Å². The topological polar surface area (TPSA) is 0 Å². The summed E-state index contributed by atoms with van der Waals surface area (Å²) in [5, 5.41) is -1.24. The summed E-state index contributed by atoms with van der Waals surface area (Å²) in [5.74, 6) is 0. The van der Waals surface area contributed by atoms with Crippen LogP contribution in [-0.4, -0.2) is 5.12 Å². The summed E-state index contributed by atoms with van der Waals surface area (Å²) in [6.45, 7) is 0. The SMILES string of the molecule is FC(=S)c1ccccc1C(F)(F)F. The Morgan fingerprint density at radius 1 is 1.15 bits per heavy atom. The van der Waals surface area contributed by atoms with E-state index in [4.69, 9.17) is 0 Å². The van der Waals surface area contributed by atoms with Gasteiger partial charge in [-0.2, -0.15) is 17.6 Å². The highest BCUT2D eigenvalue weighted by Gasteiger charge is 2.33. The van der Waals surface area contributed by atoms with Gasteiger partial charge in [0.15, 0.2) is 5.12 Å². The molecule has 0 saturated carbocycles. The lowest BCUT2D eigenvalue weighted by Gasteiger charge is -2.09. The molecule has 0 unspecified atom stereocenters. The number of halogens is 4. The third-order valence-corrected chi connectivity index (χ3v) is 1.66. The van der Waals surface area contributed by atoms with Gasteiger partial charge in [-0.25, -0.2) is 0 Å². The number of thiocarbonyl (C=S) groups is 1. The first-order chi connectivity index (χ1) is 5.93. The van der Waals surface area contributed by atoms with Gasteiger partial charge in [0.2, 0.25) is 0 Å². The monoisotopic (exact) mass is 208 g/mol. The molecule has 1 aromatic rings. The van der Waals surface area contributed by atoms with E-state index in [2.05, 4.69) is 12.2 Å². The zero-order chi connectivity index (χ0) is 10.1. The standard InChI is InChI=1S/C8H4F4S/c9-7(13)5-3-1-2-4-6(5)8(10,11)12/h1-4H. The van der Waals surface area contributed by atoms with E-state index in [1.54, 1.807) is 0 Å². The normalized spacial score (nSPS) is 11.4. The first-order valence-electron chi connectivity index (χ1n) is 3.29. The molecule has 13 heavy (non-hydrogen) atoms. The maximum absolute atomic E-state index is 12.5. The van der Waals surface area contributed by atoms with E-state index in [0.717, 1.165) is 12.1 Å². The third kappa shape index (κ3) is 2.24. The molecule has 1 rings (SSSR count). The Hall–Kier alpha value is -0.970. The van der Waals surface area contributed by atoms with Crippen LogP contribution in [-0.2, 0) is 6.18 Å². The average Bonchev–Trinajstić information content (AvgIpc) is 2.03. The second-order valence-electron chi connectivity index (χ2n) is 2.32. The first kappa shape index (κ1) is 10.1. The quantitative estimate of drug-likeness (QED) is 0.387. The Balaban J connectivity index is 3.28. The number of rotatable bonds is 1. The van der Waals surface area contributed by atoms with Gasteiger partial charge < -0.3 is 0 Å². The smallest absolute Gasteiger partial charge is 0.194 e. The van der Waals surface area contributed by atoms with E-state index in [1.807, 2.05) is 0 Å². The Kier molecular flexibility index (Phi) is 2.66. The Morgan fingerprint density at radius 3 is 2.08 bits per heavy atom. The predicted molar refractivity (Wildman–Crippen MR) is 44.3 cm³/mol. The van der Waals surface area contributed by atoms with Crippen LogP contribution in [0, 0.1) is 0 Å². The summed E-state index contributed by atoms with van der Waals surface area (Å²) in [4.78, 5) is 0. The molecular formula is C8H4F4S. The van der Waals surface area contributed by atoms with Crippen molar-refractivity contribution in [3.63, 3.8) is 0 Å². The fourth-order valence-corrected chi connectivity index (χ4v) is 1.08. The van der Waals surface area contributed by atoms with Crippen molar-refractivity contribution < 1.29 is 17.6 Å². The van der Waals surface area contributed by atoms with Gasteiger partial charge in [-0.15, -0.1) is 0 Å². The van der Waals surface area contributed by atoms with Crippen molar-refractivity contribution in [2.24, 2.45) is 0 Å². The van der Waals surface area contributed by atoms with Crippen LogP contribution >= 0.6 is 12.2 Å². The van der Waals surface area contributed by atoms with Gasteiger partial charge in [0.1, 0.15) is 0 Å². The van der Waals surface area contributed by atoms with Crippen molar-refractivity contribution >= 4 is 17.3 Å². The summed E-state index contributed by atoms with van der Waals surface area (Å²) in [6, 6.07) is 4.29. The lowest BCUT2D eigenvalue weighted by molar-refractivity contribution is -0.137. The average molecular weight is 208 g/mol. The summed E-state index contributed by atoms with van der Waals surface area (Å²) in [7, 11) is 0. The number of benzene rings is 1. The van der Waals surface area contributed by atoms with Crippen LogP contribution in [0.15, 0.2) is 24.3 Å². The van der Waals surface area contributed by atoms with Crippen LogP contribution in [0.25, 0.3) is 0 Å². The van der Waals surface area contributed by atoms with Crippen molar-refractivity contribution in [1.29, 1.82) is 0 Å². The Morgan fingerprint density at radius 2 is 1.69 bits per heavy atom. The van der Waals surface area contributed by atoms with Gasteiger partial charge >= 0.3 is 6.18 Å². The van der Waals surface area contributed by atoms with Crippen molar-refractivity contribution in [2.75, 3.05) is 0 Å². The van der Waals surface area contributed by atoms with Gasteiger partial charge in [-0.05, 0) is 18.3 Å². The minimum absolute atomic E-state index is 0.579. The minimum atomic E-state index is -4.56. The van der Waals surface area contributed by atoms with Gasteiger partial charge in [-0.1, -0.05) is 18.2 Å². The molecule has 0 aromatic heterocycles. The molecule has 0 atom stereocenters. The Labute approximate surface area is 77.2 Å². The van der Waals surface area contributed by atoms with Crippen molar-refractivity contribution in [3.05, 3.63) is 35.4 Å². The van der Waals surface area contributed by atoms with E-state index < -0.39 is 22.4 Å². The first-order valence-corrected chi connectivity index (χ1v) is 3.70. The molecule has 0 radical (unpaired) electrons. The summed E-state index contributed by atoms with van der Waals surface area (Å²) in [5.41, 5.74) is -1.62. The highest BCUT2D eigenvalue weighted by atomic mass is 32.1. The van der Waals surface area contributed by atoms with Crippen LogP contribution in [0.4, 0.5) is 17.6 Å². The number of hydrogen-bond acceptors (Lipinski definition) is 1. The molecule has 1 aromatic carbocycles. The molecule has 0 fully saturated rings. The maximum atomic E-state index is 12.5. The van der Waals surface area contributed by atoms with Crippen molar-refractivity contribution in [1.82, 2.24) is 0 Å². The fourth-order valence-electron chi connectivity index (χ4n) is 0.902. The third-order valence-electron chi connectivity index (χ3n) is 1.44. The fraction of sp³-hybridized carbons (Fsp3) is 0.125. The molecule has 0 heterocycles. The summed E-state index contributed by atoms with van der Waals surface area (Å²) < 4.78 is 49.0. The molecule has 0 amide bonds. The molecule has 5 heteroatoms. The minimum Gasteiger partial charge on any atom is -0.194 e. The highest BCUT2D eigenvalue weighted by molar-refractivity contribution is 7.80. The molecule has 70 valence electrons. The van der Waals surface area contributed by atoms with Gasteiger partial charge in [0, 0.05) is 5.56 Å². The predicted octanol–water partition coefficient (Wildman–Crippen LogP) is 3.35. The summed E-state index contributed by atoms with van der Waals surface area (Å²) in [6.07, 6.45) is -4.56. The van der Waals surface area contributed by atoms with Crippen LogP contribution < -0.4 is 0 Å². The molecule has 0 saturated heterocycles. The number of alkyl halides is 3. The van der Waals surface area contributed by atoms with E-state index in [-0.39, 0.29) is 0 Å². The highest BCUT2D eigenvalue weighted by Crippen LogP contribution is 2.32. The molecule has 0 nitrogen and oxygen atoms in total. The lowest BCUT2D eigenvalue weighted by Crippen LogP contribution is -2.10. The van der Waals surface area contributed by atoms with Gasteiger partial charge in [0.25, 0.3) is 0 Å². The molecule has 0 N–H and O–H groups in total. The van der Waals surface area contributed by atoms with E-state index in [9.17, 15) is 17.6 Å². The van der Waals surface area contributed by atoms with Gasteiger partial charge in [0.05, 0.1) is 5.56 Å². The summed E-state index contributed by atoms with van der Waals surface area (Å²) >= 11 is 4.05. The van der Waals surface area contributed by atoms with Crippen LogP contribution in [0.2, 0.25) is 0 Å². The second-order valence-corrected chi connectivity index (χ2v) is 2.68. The molecule has 0 bridgehead atoms. The molecule has 0 spiro atoms. The second kappa shape index (κ2) is 3.41. The zero-order valence-corrected chi connectivity index (χ0v) is 7.05. The largest absolute Gasteiger partial charge is 0.417 e. The lowest BCUT2D eigenvalue weighted by atomic mass is 10.1. The molecular weight excluding hydrogens is 204 g/mol. The molecule has 0 aliphatic carbocycles. The van der Waals surface area contributed by atoms with E-state index in [0.29, 0.717) is 0 Å². The number of hydrogen-bond donors (Lipinski definition) is 0. The zero-order valence-electron chi connectivity index (χ0n) is 6.23. The van der Waals surface area contributed by atoms with Crippen molar-refractivity contribution in [2.45, 2.75) is 6.18 Å². The molecule has 0 aliphatic rings. The van der Waals surface area contributed by atoms with E-state index in [1.165, 1.54) is 12.1 Å². The van der Waals surface area contributed by atoms with Crippen LogP contribution in [0.5, 0.6) is 0 Å². The Bertz CT molecular complexity index is 329.